The average Bonchev–Trinajstić information content (AvgIpc) is 2.37. The van der Waals surface area contributed by atoms with Gasteiger partial charge in [-0.2, -0.15) is 0 Å². The number of nitrogens with zero attached hydrogens (tertiary/aromatic N) is 2. The molecular weight excluding hydrogens is 293 g/mol. The summed E-state index contributed by atoms with van der Waals surface area (Å²) in [6.07, 6.45) is 0. The highest BCUT2D eigenvalue weighted by atomic mass is 35.5. The van der Waals surface area contributed by atoms with Crippen molar-refractivity contribution in [2.45, 2.75) is 19.0 Å². The van der Waals surface area contributed by atoms with Crippen molar-refractivity contribution in [3.63, 3.8) is 0 Å². The summed E-state index contributed by atoms with van der Waals surface area (Å²) < 4.78 is 0. The minimum Gasteiger partial charge on any atom is -0.314 e. The van der Waals surface area contributed by atoms with Gasteiger partial charge in [0.25, 0.3) is 0 Å². The Labute approximate surface area is 131 Å². The van der Waals surface area contributed by atoms with Crippen LogP contribution in [0, 0.1) is 0 Å². The molecule has 5 heteroatoms. The van der Waals surface area contributed by atoms with Crippen LogP contribution >= 0.6 is 23.2 Å². The maximum Gasteiger partial charge on any atom is 0.0508 e. The van der Waals surface area contributed by atoms with Gasteiger partial charge in [0.15, 0.2) is 0 Å². The Hall–Kier alpha value is -0.320. The summed E-state index contributed by atoms with van der Waals surface area (Å²) in [5.41, 5.74) is 1.05. The number of piperazine rings is 1. The zero-order valence-corrected chi connectivity index (χ0v) is 13.9. The SMILES string of the molecule is CC1CNCCN1C(CN(C)C)c1c(Cl)cccc1Cl. The van der Waals surface area contributed by atoms with Crippen LogP contribution < -0.4 is 5.32 Å². The van der Waals surface area contributed by atoms with E-state index in [-0.39, 0.29) is 6.04 Å². The van der Waals surface area contributed by atoms with Gasteiger partial charge in [-0.1, -0.05) is 29.3 Å². The van der Waals surface area contributed by atoms with Gasteiger partial charge < -0.3 is 10.2 Å². The van der Waals surface area contributed by atoms with Crippen LogP contribution in [0.5, 0.6) is 0 Å². The maximum atomic E-state index is 6.43. The summed E-state index contributed by atoms with van der Waals surface area (Å²) in [5.74, 6) is 0. The summed E-state index contributed by atoms with van der Waals surface area (Å²) in [5, 5.41) is 4.95. The van der Waals surface area contributed by atoms with E-state index in [2.05, 4.69) is 36.1 Å². The van der Waals surface area contributed by atoms with Crippen LogP contribution in [0.2, 0.25) is 10.0 Å². The van der Waals surface area contributed by atoms with Crippen molar-refractivity contribution in [3.05, 3.63) is 33.8 Å². The number of rotatable bonds is 4. The third-order valence-electron chi connectivity index (χ3n) is 3.82. The fourth-order valence-corrected chi connectivity index (χ4v) is 3.51. The highest BCUT2D eigenvalue weighted by Crippen LogP contribution is 2.35. The molecule has 2 rings (SSSR count). The van der Waals surface area contributed by atoms with Gasteiger partial charge in [-0.05, 0) is 33.2 Å². The molecule has 1 aliphatic heterocycles. The molecular formula is C15H23Cl2N3. The van der Waals surface area contributed by atoms with Crippen molar-refractivity contribution in [3.8, 4) is 0 Å². The Morgan fingerprint density at radius 2 is 2.00 bits per heavy atom. The number of nitrogens with one attached hydrogen (secondary N) is 1. The highest BCUT2D eigenvalue weighted by molar-refractivity contribution is 6.36. The van der Waals surface area contributed by atoms with Crippen molar-refractivity contribution in [2.24, 2.45) is 0 Å². The van der Waals surface area contributed by atoms with E-state index in [9.17, 15) is 0 Å². The topological polar surface area (TPSA) is 18.5 Å². The largest absolute Gasteiger partial charge is 0.314 e. The van der Waals surface area contributed by atoms with E-state index in [1.54, 1.807) is 0 Å². The molecule has 1 aromatic carbocycles. The van der Waals surface area contributed by atoms with Crippen LogP contribution in [0.25, 0.3) is 0 Å². The van der Waals surface area contributed by atoms with Crippen molar-refractivity contribution >= 4 is 23.2 Å². The normalized spacial score (nSPS) is 22.2. The van der Waals surface area contributed by atoms with Gasteiger partial charge in [-0.3, -0.25) is 4.90 Å². The number of likely N-dealkylation sites (N-methyl/N-ethyl adjacent to an activating group) is 1. The Balaban J connectivity index is 2.36. The smallest absolute Gasteiger partial charge is 0.0508 e. The molecule has 0 radical (unpaired) electrons. The van der Waals surface area contributed by atoms with E-state index in [1.165, 1.54) is 0 Å². The summed E-state index contributed by atoms with van der Waals surface area (Å²) in [6, 6.07) is 6.46. The fourth-order valence-electron chi connectivity index (χ4n) is 2.86. The Morgan fingerprint density at radius 1 is 1.35 bits per heavy atom. The quantitative estimate of drug-likeness (QED) is 0.921. The lowest BCUT2D eigenvalue weighted by Gasteiger charge is -2.41. The van der Waals surface area contributed by atoms with Gasteiger partial charge in [-0.25, -0.2) is 0 Å². The first-order valence-electron chi connectivity index (χ1n) is 7.05. The van der Waals surface area contributed by atoms with E-state index >= 15 is 0 Å². The first-order chi connectivity index (χ1) is 9.50. The van der Waals surface area contributed by atoms with Crippen molar-refractivity contribution < 1.29 is 0 Å². The zero-order valence-electron chi connectivity index (χ0n) is 12.4. The standard InChI is InChI=1S/C15H23Cl2N3/c1-11-9-18-7-8-20(11)14(10-19(2)3)15-12(16)5-4-6-13(15)17/h4-6,11,14,18H,7-10H2,1-3H3. The fraction of sp³-hybridized carbons (Fsp3) is 0.600. The van der Waals surface area contributed by atoms with Crippen LogP contribution in [-0.2, 0) is 0 Å². The number of benzene rings is 1. The molecule has 0 bridgehead atoms. The second-order valence-electron chi connectivity index (χ2n) is 5.70. The van der Waals surface area contributed by atoms with E-state index in [0.29, 0.717) is 6.04 Å². The van der Waals surface area contributed by atoms with E-state index < -0.39 is 0 Å². The first kappa shape index (κ1) is 16.1. The van der Waals surface area contributed by atoms with Crippen molar-refractivity contribution in [2.75, 3.05) is 40.3 Å². The number of hydrogen-bond acceptors (Lipinski definition) is 3. The Bertz CT molecular complexity index is 430. The third-order valence-corrected chi connectivity index (χ3v) is 4.48. The molecule has 20 heavy (non-hydrogen) atoms. The molecule has 2 unspecified atom stereocenters. The summed E-state index contributed by atoms with van der Waals surface area (Å²) in [6.45, 7) is 6.19. The predicted octanol–water partition coefficient (Wildman–Crippen LogP) is 2.89. The van der Waals surface area contributed by atoms with Crippen LogP contribution in [0.1, 0.15) is 18.5 Å². The molecule has 0 aliphatic carbocycles. The Kier molecular flexibility index (Phi) is 5.70. The van der Waals surface area contributed by atoms with Crippen LogP contribution in [0.4, 0.5) is 0 Å². The first-order valence-corrected chi connectivity index (χ1v) is 7.81. The van der Waals surface area contributed by atoms with Gasteiger partial charge in [0.1, 0.15) is 0 Å². The molecule has 1 aliphatic rings. The number of halogens is 2. The molecule has 0 saturated carbocycles. The molecule has 1 heterocycles. The van der Waals surface area contributed by atoms with Crippen LogP contribution in [0.3, 0.4) is 0 Å². The predicted molar refractivity (Wildman–Crippen MR) is 86.8 cm³/mol. The monoisotopic (exact) mass is 315 g/mol. The van der Waals surface area contributed by atoms with Crippen LogP contribution in [-0.4, -0.2) is 56.1 Å². The maximum absolute atomic E-state index is 6.43. The lowest BCUT2D eigenvalue weighted by Crippen LogP contribution is -2.52. The molecule has 1 fully saturated rings. The lowest BCUT2D eigenvalue weighted by atomic mass is 10.0. The average molecular weight is 316 g/mol. The highest BCUT2D eigenvalue weighted by Gasteiger charge is 2.30. The van der Waals surface area contributed by atoms with Gasteiger partial charge in [-0.15, -0.1) is 0 Å². The van der Waals surface area contributed by atoms with Gasteiger partial charge >= 0.3 is 0 Å². The number of hydrogen-bond donors (Lipinski definition) is 1. The molecule has 112 valence electrons. The molecule has 2 atom stereocenters. The van der Waals surface area contributed by atoms with E-state index in [1.807, 2.05) is 18.2 Å². The molecule has 1 saturated heterocycles. The van der Waals surface area contributed by atoms with Crippen molar-refractivity contribution in [1.82, 2.24) is 15.1 Å². The van der Waals surface area contributed by atoms with Crippen LogP contribution in [0.15, 0.2) is 18.2 Å². The minimum absolute atomic E-state index is 0.225. The third kappa shape index (κ3) is 3.66. The summed E-state index contributed by atoms with van der Waals surface area (Å²) >= 11 is 12.9. The van der Waals surface area contributed by atoms with Gasteiger partial charge in [0, 0.05) is 47.8 Å². The zero-order chi connectivity index (χ0) is 14.7. The van der Waals surface area contributed by atoms with E-state index in [4.69, 9.17) is 23.2 Å². The van der Waals surface area contributed by atoms with Crippen molar-refractivity contribution in [1.29, 1.82) is 0 Å². The molecule has 0 spiro atoms. The second kappa shape index (κ2) is 7.10. The van der Waals surface area contributed by atoms with Gasteiger partial charge in [0.2, 0.25) is 0 Å². The van der Waals surface area contributed by atoms with Gasteiger partial charge in [0.05, 0.1) is 6.04 Å². The lowest BCUT2D eigenvalue weighted by molar-refractivity contribution is 0.0969. The molecule has 0 aromatic heterocycles. The summed E-state index contributed by atoms with van der Waals surface area (Å²) in [7, 11) is 4.18. The Morgan fingerprint density at radius 3 is 2.55 bits per heavy atom. The molecule has 1 aromatic rings. The second-order valence-corrected chi connectivity index (χ2v) is 6.52. The minimum atomic E-state index is 0.225. The summed E-state index contributed by atoms with van der Waals surface area (Å²) in [4.78, 5) is 4.70. The molecule has 3 nitrogen and oxygen atoms in total. The van der Waals surface area contributed by atoms with E-state index in [0.717, 1.165) is 41.8 Å². The molecule has 1 N–H and O–H groups in total. The molecule has 0 amide bonds.